The van der Waals surface area contributed by atoms with Crippen LogP contribution in [0.4, 0.5) is 0 Å². The molecule has 0 aromatic heterocycles. The van der Waals surface area contributed by atoms with Gasteiger partial charge in [-0.2, -0.15) is 0 Å². The van der Waals surface area contributed by atoms with Crippen LogP contribution in [0.2, 0.25) is 0 Å². The largest absolute Gasteiger partial charge is 0.507 e. The van der Waals surface area contributed by atoms with E-state index in [1.54, 1.807) is 0 Å². The fourth-order valence-corrected chi connectivity index (χ4v) is 1.72. The maximum atomic E-state index is 11.9. The quantitative estimate of drug-likeness (QED) is 0.661. The molecule has 0 spiro atoms. The summed E-state index contributed by atoms with van der Waals surface area (Å²) >= 11 is 0. The Kier molecular flexibility index (Phi) is 2.31. The van der Waals surface area contributed by atoms with Crippen molar-refractivity contribution in [3.8, 4) is 5.75 Å². The van der Waals surface area contributed by atoms with Crippen LogP contribution in [0.3, 0.4) is 0 Å². The molecule has 0 saturated carbocycles. The van der Waals surface area contributed by atoms with Crippen molar-refractivity contribution >= 4 is 19.4 Å². The number of rotatable bonds is 1. The molecule has 0 fully saturated rings. The van der Waals surface area contributed by atoms with E-state index in [9.17, 15) is 14.7 Å². The third-order valence-corrected chi connectivity index (χ3v) is 2.51. The second-order valence-corrected chi connectivity index (χ2v) is 3.40. The molecule has 0 unspecified atom stereocenters. The number of phenols is 1. The zero-order valence-corrected chi connectivity index (χ0v) is 8.57. The average Bonchev–Trinajstić information content (AvgIpc) is 2.27. The van der Waals surface area contributed by atoms with Crippen molar-refractivity contribution in [2.45, 2.75) is 0 Å². The molecule has 1 aliphatic carbocycles. The Morgan fingerprint density at radius 2 is 1.94 bits per heavy atom. The topological polar surface area (TPSA) is 66.4 Å². The van der Waals surface area contributed by atoms with Gasteiger partial charge in [0.05, 0.1) is 11.3 Å². The highest BCUT2D eigenvalue weighted by atomic mass is 16.3. The first-order chi connectivity index (χ1) is 7.57. The van der Waals surface area contributed by atoms with Gasteiger partial charge >= 0.3 is 0 Å². The summed E-state index contributed by atoms with van der Waals surface area (Å²) in [5.74, 6) is -1.14. The number of carbonyl (C=O) groups is 2. The van der Waals surface area contributed by atoms with E-state index >= 15 is 0 Å². The van der Waals surface area contributed by atoms with Crippen LogP contribution in [0.1, 0.15) is 20.7 Å². The summed E-state index contributed by atoms with van der Waals surface area (Å²) in [5.41, 5.74) is 0.0529. The van der Waals surface area contributed by atoms with E-state index in [0.29, 0.717) is 0 Å². The Labute approximate surface area is 93.4 Å². The summed E-state index contributed by atoms with van der Waals surface area (Å²) in [6.07, 6.45) is 0. The monoisotopic (exact) mass is 213 g/mol. The number of ketones is 2. The zero-order valence-electron chi connectivity index (χ0n) is 8.57. The van der Waals surface area contributed by atoms with E-state index in [-0.39, 0.29) is 33.8 Å². The number of hydrogen-bond donors (Lipinski definition) is 2. The van der Waals surface area contributed by atoms with Crippen LogP contribution in [0, 0.1) is 0 Å². The number of nitrogens with one attached hydrogen (secondary N) is 1. The molecule has 1 aromatic carbocycles. The van der Waals surface area contributed by atoms with E-state index in [1.165, 1.54) is 25.2 Å². The van der Waals surface area contributed by atoms with Crippen LogP contribution in [-0.2, 0) is 0 Å². The van der Waals surface area contributed by atoms with Crippen molar-refractivity contribution in [3.63, 3.8) is 0 Å². The fourth-order valence-electron chi connectivity index (χ4n) is 1.72. The number of hydrogen-bond acceptors (Lipinski definition) is 4. The summed E-state index contributed by atoms with van der Waals surface area (Å²) in [5, 5.41) is 12.1. The number of likely N-dealkylation sites (N-methyl/N-ethyl adjacent to an activating group) is 1. The van der Waals surface area contributed by atoms with Crippen LogP contribution in [0.5, 0.6) is 5.75 Å². The van der Waals surface area contributed by atoms with Gasteiger partial charge in [-0.25, -0.2) is 0 Å². The minimum atomic E-state index is -0.531. The molecule has 5 heteroatoms. The van der Waals surface area contributed by atoms with Gasteiger partial charge in [0, 0.05) is 12.6 Å². The number of fused-ring (bicyclic) bond motifs is 1. The smallest absolute Gasteiger partial charge is 0.209 e. The lowest BCUT2D eigenvalue weighted by Crippen LogP contribution is -2.28. The predicted octanol–water partition coefficient (Wildman–Crippen LogP) is 0.371. The van der Waals surface area contributed by atoms with Gasteiger partial charge in [0.1, 0.15) is 13.6 Å². The Bertz CT molecular complexity index is 534. The molecule has 1 aliphatic rings. The summed E-state index contributed by atoms with van der Waals surface area (Å²) in [4.78, 5) is 23.7. The molecule has 16 heavy (non-hydrogen) atoms. The highest BCUT2D eigenvalue weighted by Crippen LogP contribution is 2.29. The maximum absolute atomic E-state index is 11.9. The number of benzene rings is 1. The molecule has 0 bridgehead atoms. The van der Waals surface area contributed by atoms with Crippen molar-refractivity contribution < 1.29 is 14.7 Å². The lowest BCUT2D eigenvalue weighted by atomic mass is 9.77. The van der Waals surface area contributed by atoms with Crippen LogP contribution in [0.25, 0.3) is 0 Å². The summed E-state index contributed by atoms with van der Waals surface area (Å²) in [7, 11) is 7.06. The highest BCUT2D eigenvalue weighted by Gasteiger charge is 2.30. The van der Waals surface area contributed by atoms with Crippen LogP contribution in [0.15, 0.2) is 29.4 Å². The Hall–Kier alpha value is -2.04. The SMILES string of the molecule is [B]C1=C(NC)C(=O)c2cccc(O)c2C1=O. The summed E-state index contributed by atoms with van der Waals surface area (Å²) in [6, 6.07) is 4.34. The summed E-state index contributed by atoms with van der Waals surface area (Å²) < 4.78 is 0. The molecule has 0 heterocycles. The molecule has 2 radical (unpaired) electrons. The van der Waals surface area contributed by atoms with Gasteiger partial charge in [0.25, 0.3) is 0 Å². The number of allylic oxidation sites excluding steroid dienone is 2. The maximum Gasteiger partial charge on any atom is 0.209 e. The predicted molar refractivity (Wildman–Crippen MR) is 58.6 cm³/mol. The van der Waals surface area contributed by atoms with Crippen molar-refractivity contribution in [1.82, 2.24) is 5.32 Å². The van der Waals surface area contributed by atoms with Gasteiger partial charge in [-0.1, -0.05) is 6.07 Å². The van der Waals surface area contributed by atoms with Crippen LogP contribution < -0.4 is 5.32 Å². The van der Waals surface area contributed by atoms with E-state index in [4.69, 9.17) is 7.85 Å². The van der Waals surface area contributed by atoms with Gasteiger partial charge in [-0.15, -0.1) is 0 Å². The molecule has 0 saturated heterocycles. The van der Waals surface area contributed by atoms with Gasteiger partial charge < -0.3 is 10.4 Å². The van der Waals surface area contributed by atoms with Crippen LogP contribution in [-0.4, -0.2) is 31.6 Å². The molecule has 2 N–H and O–H groups in total. The number of carbonyl (C=O) groups excluding carboxylic acids is 2. The second-order valence-electron chi connectivity index (χ2n) is 3.40. The Balaban J connectivity index is 2.74. The molecule has 2 rings (SSSR count). The minimum Gasteiger partial charge on any atom is -0.507 e. The van der Waals surface area contributed by atoms with Crippen molar-refractivity contribution in [1.29, 1.82) is 0 Å². The Morgan fingerprint density at radius 1 is 1.25 bits per heavy atom. The number of phenolic OH excluding ortho intramolecular Hbond substituents is 1. The average molecular weight is 213 g/mol. The second kappa shape index (κ2) is 3.52. The van der Waals surface area contributed by atoms with E-state index in [1.807, 2.05) is 0 Å². The number of aromatic hydroxyl groups is 1. The van der Waals surface area contributed by atoms with Crippen molar-refractivity contribution in [2.75, 3.05) is 7.05 Å². The third-order valence-electron chi connectivity index (χ3n) is 2.51. The van der Waals surface area contributed by atoms with Crippen molar-refractivity contribution in [2.24, 2.45) is 0 Å². The molecular weight excluding hydrogens is 205 g/mol. The van der Waals surface area contributed by atoms with Crippen molar-refractivity contribution in [3.05, 3.63) is 40.5 Å². The molecule has 0 aliphatic heterocycles. The molecule has 78 valence electrons. The van der Waals surface area contributed by atoms with Gasteiger partial charge in [-0.05, 0) is 17.6 Å². The molecule has 0 atom stereocenters. The van der Waals surface area contributed by atoms with E-state index in [0.717, 1.165) is 0 Å². The lowest BCUT2D eigenvalue weighted by molar-refractivity contribution is 0.0973. The zero-order chi connectivity index (χ0) is 11.9. The summed E-state index contributed by atoms with van der Waals surface area (Å²) in [6.45, 7) is 0. The van der Waals surface area contributed by atoms with Gasteiger partial charge in [-0.3, -0.25) is 9.59 Å². The highest BCUT2D eigenvalue weighted by molar-refractivity contribution is 6.46. The molecular formula is C11H8BNO3. The fraction of sp³-hybridized carbons (Fsp3) is 0.0909. The normalized spacial score (nSPS) is 15.1. The first-order valence-corrected chi connectivity index (χ1v) is 4.66. The Morgan fingerprint density at radius 3 is 2.56 bits per heavy atom. The van der Waals surface area contributed by atoms with Crippen LogP contribution >= 0.6 is 0 Å². The van der Waals surface area contributed by atoms with E-state index < -0.39 is 5.78 Å². The van der Waals surface area contributed by atoms with Gasteiger partial charge in [0.15, 0.2) is 5.78 Å². The minimum absolute atomic E-state index is 0.0241. The lowest BCUT2D eigenvalue weighted by Gasteiger charge is -2.19. The first-order valence-electron chi connectivity index (χ1n) is 4.66. The third kappa shape index (κ3) is 1.25. The number of Topliss-reactive ketones (excluding diaryl/α,β-unsaturated/α-hetero) is 2. The van der Waals surface area contributed by atoms with Gasteiger partial charge in [0.2, 0.25) is 5.78 Å². The molecule has 0 amide bonds. The standard InChI is InChI=1S/C11H8BNO3/c1-13-9-8(12)11(16)7-5(10(9)15)3-2-4-6(7)14/h2-4,13-14H,1H3. The molecule has 1 aromatic rings. The van der Waals surface area contributed by atoms with E-state index in [2.05, 4.69) is 5.32 Å². The molecule has 4 nitrogen and oxygen atoms in total. The first kappa shape index (κ1) is 10.5.